The van der Waals surface area contributed by atoms with Crippen LogP contribution in [0.4, 0.5) is 5.13 Å². The molecule has 5 heteroatoms. The lowest BCUT2D eigenvalue weighted by Gasteiger charge is -2.12. The van der Waals surface area contributed by atoms with Crippen molar-refractivity contribution in [1.29, 1.82) is 5.26 Å². The number of hydrogen-bond acceptors (Lipinski definition) is 5. The molecule has 1 N–H and O–H groups in total. The van der Waals surface area contributed by atoms with Crippen molar-refractivity contribution in [3.63, 3.8) is 0 Å². The third-order valence-electron chi connectivity index (χ3n) is 2.12. The summed E-state index contributed by atoms with van der Waals surface area (Å²) in [6.45, 7) is 5.78. The fraction of sp³-hybridized carbons (Fsp3) is 0.636. The Bertz CT molecular complexity index is 353. The maximum absolute atomic E-state index is 8.51. The first-order chi connectivity index (χ1) is 7.63. The second-order valence-corrected chi connectivity index (χ2v) is 4.82. The van der Waals surface area contributed by atoms with Gasteiger partial charge in [-0.25, -0.2) is 4.98 Å². The van der Waals surface area contributed by atoms with Crippen molar-refractivity contribution in [2.24, 2.45) is 0 Å². The number of thiazole rings is 1. The molecule has 0 saturated heterocycles. The van der Waals surface area contributed by atoms with Gasteiger partial charge in [0, 0.05) is 31.6 Å². The van der Waals surface area contributed by atoms with E-state index in [4.69, 9.17) is 5.26 Å². The fourth-order valence-corrected chi connectivity index (χ4v) is 1.99. The van der Waals surface area contributed by atoms with Crippen molar-refractivity contribution in [3.05, 3.63) is 11.1 Å². The number of nitrogens with one attached hydrogen (secondary N) is 1. The third-order valence-corrected chi connectivity index (χ3v) is 3.12. The summed E-state index contributed by atoms with van der Waals surface area (Å²) in [5.41, 5.74) is 1.07. The molecule has 0 atom stereocenters. The lowest BCUT2D eigenvalue weighted by Crippen LogP contribution is -2.22. The minimum Gasteiger partial charge on any atom is -0.350 e. The smallest absolute Gasteiger partial charge is 0.185 e. The van der Waals surface area contributed by atoms with Crippen LogP contribution in [0.2, 0.25) is 0 Å². The van der Waals surface area contributed by atoms with Gasteiger partial charge in [0.25, 0.3) is 0 Å². The first-order valence-corrected chi connectivity index (χ1v) is 6.27. The van der Waals surface area contributed by atoms with Gasteiger partial charge in [0.2, 0.25) is 0 Å². The van der Waals surface area contributed by atoms with E-state index in [0.717, 1.165) is 23.9 Å². The van der Waals surface area contributed by atoms with Crippen LogP contribution in [0.3, 0.4) is 0 Å². The molecule has 0 saturated carbocycles. The summed E-state index contributed by atoms with van der Waals surface area (Å²) in [5, 5.41) is 14.9. The molecule has 0 aliphatic heterocycles. The van der Waals surface area contributed by atoms with Crippen LogP contribution in [0.15, 0.2) is 5.38 Å². The van der Waals surface area contributed by atoms with Gasteiger partial charge in [-0.15, -0.1) is 11.3 Å². The van der Waals surface area contributed by atoms with Crippen LogP contribution < -0.4 is 10.2 Å². The Morgan fingerprint density at radius 2 is 2.38 bits per heavy atom. The van der Waals surface area contributed by atoms with Crippen molar-refractivity contribution in [2.75, 3.05) is 18.5 Å². The summed E-state index contributed by atoms with van der Waals surface area (Å²) in [6, 6.07) is 2.61. The van der Waals surface area contributed by atoms with E-state index in [0.29, 0.717) is 12.5 Å². The van der Waals surface area contributed by atoms with Crippen molar-refractivity contribution in [2.45, 2.75) is 32.9 Å². The summed E-state index contributed by atoms with van der Waals surface area (Å²) < 4.78 is 0. The van der Waals surface area contributed by atoms with Gasteiger partial charge in [0.1, 0.15) is 0 Å². The van der Waals surface area contributed by atoms with E-state index in [2.05, 4.69) is 35.6 Å². The van der Waals surface area contributed by atoms with E-state index >= 15 is 0 Å². The predicted molar refractivity (Wildman–Crippen MR) is 67.6 cm³/mol. The second kappa shape index (κ2) is 6.46. The Morgan fingerprint density at radius 1 is 1.62 bits per heavy atom. The second-order valence-electron chi connectivity index (χ2n) is 3.99. The minimum atomic E-state index is 0.474. The highest BCUT2D eigenvalue weighted by atomic mass is 32.1. The van der Waals surface area contributed by atoms with E-state index in [1.54, 1.807) is 11.3 Å². The van der Waals surface area contributed by atoms with Gasteiger partial charge in [0.15, 0.2) is 5.13 Å². The van der Waals surface area contributed by atoms with Crippen molar-refractivity contribution < 1.29 is 0 Å². The number of hydrogen-bond donors (Lipinski definition) is 1. The molecule has 1 heterocycles. The van der Waals surface area contributed by atoms with E-state index in [9.17, 15) is 0 Å². The van der Waals surface area contributed by atoms with Crippen molar-refractivity contribution >= 4 is 16.5 Å². The zero-order valence-electron chi connectivity index (χ0n) is 10.0. The molecule has 0 amide bonds. The molecule has 4 nitrogen and oxygen atoms in total. The molecule has 0 aliphatic rings. The molecule has 0 spiro atoms. The van der Waals surface area contributed by atoms with E-state index < -0.39 is 0 Å². The molecule has 1 aromatic heterocycles. The predicted octanol–water partition coefficient (Wildman–Crippen LogP) is 1.99. The summed E-state index contributed by atoms with van der Waals surface area (Å²) >= 11 is 1.63. The van der Waals surface area contributed by atoms with E-state index in [1.807, 2.05) is 11.9 Å². The van der Waals surface area contributed by atoms with E-state index in [1.165, 1.54) is 0 Å². The maximum atomic E-state index is 8.51. The van der Waals surface area contributed by atoms with Crippen LogP contribution >= 0.6 is 11.3 Å². The van der Waals surface area contributed by atoms with Crippen molar-refractivity contribution in [3.8, 4) is 6.07 Å². The number of anilines is 1. The van der Waals surface area contributed by atoms with Crippen LogP contribution in [0.1, 0.15) is 26.0 Å². The highest BCUT2D eigenvalue weighted by molar-refractivity contribution is 7.13. The van der Waals surface area contributed by atoms with Gasteiger partial charge in [-0.2, -0.15) is 5.26 Å². The molecule has 0 radical (unpaired) electrons. The molecule has 16 heavy (non-hydrogen) atoms. The molecule has 0 aliphatic carbocycles. The number of aromatic nitrogens is 1. The number of nitrogens with zero attached hydrogens (tertiary/aromatic N) is 3. The lowest BCUT2D eigenvalue weighted by atomic mass is 10.4. The van der Waals surface area contributed by atoms with Gasteiger partial charge in [-0.3, -0.25) is 0 Å². The molecule has 1 aromatic rings. The van der Waals surface area contributed by atoms with Gasteiger partial charge < -0.3 is 10.2 Å². The quantitative estimate of drug-likeness (QED) is 0.823. The largest absolute Gasteiger partial charge is 0.350 e. The third kappa shape index (κ3) is 4.17. The first-order valence-electron chi connectivity index (χ1n) is 5.39. The van der Waals surface area contributed by atoms with Gasteiger partial charge in [-0.05, 0) is 0 Å². The van der Waals surface area contributed by atoms with Crippen LogP contribution in [-0.4, -0.2) is 24.6 Å². The summed E-state index contributed by atoms with van der Waals surface area (Å²) in [5.74, 6) is 0. The Balaban J connectivity index is 2.47. The topological polar surface area (TPSA) is 52.0 Å². The molecule has 0 bridgehead atoms. The van der Waals surface area contributed by atoms with Gasteiger partial charge >= 0.3 is 0 Å². The summed E-state index contributed by atoms with van der Waals surface area (Å²) in [6.07, 6.45) is 0.537. The molecule has 0 fully saturated rings. The first kappa shape index (κ1) is 12.9. The SMILES string of the molecule is CC(C)NCc1csc(N(C)CCC#N)n1. The van der Waals surface area contributed by atoms with Crippen LogP contribution in [0.5, 0.6) is 0 Å². The highest BCUT2D eigenvalue weighted by Gasteiger charge is 2.06. The Labute approximate surface area is 101 Å². The monoisotopic (exact) mass is 238 g/mol. The lowest BCUT2D eigenvalue weighted by molar-refractivity contribution is 0.583. The molecule has 0 unspecified atom stereocenters. The normalized spacial score (nSPS) is 10.4. The molecular formula is C11H18N4S. The Morgan fingerprint density at radius 3 is 3.00 bits per heavy atom. The molecule has 88 valence electrons. The van der Waals surface area contributed by atoms with Gasteiger partial charge in [-0.1, -0.05) is 13.8 Å². The highest BCUT2D eigenvalue weighted by Crippen LogP contribution is 2.19. The zero-order valence-corrected chi connectivity index (χ0v) is 10.8. The number of rotatable bonds is 6. The van der Waals surface area contributed by atoms with Crippen LogP contribution in [-0.2, 0) is 6.54 Å². The number of nitriles is 1. The summed E-state index contributed by atoms with van der Waals surface area (Å²) in [7, 11) is 1.97. The van der Waals surface area contributed by atoms with Crippen molar-refractivity contribution in [1.82, 2.24) is 10.3 Å². The average Bonchev–Trinajstić information content (AvgIpc) is 2.71. The Hall–Kier alpha value is -1.12. The van der Waals surface area contributed by atoms with E-state index in [-0.39, 0.29) is 0 Å². The zero-order chi connectivity index (χ0) is 12.0. The summed E-state index contributed by atoms with van der Waals surface area (Å²) in [4.78, 5) is 6.53. The standard InChI is InChI=1S/C11H18N4S/c1-9(2)13-7-10-8-16-11(14-10)15(3)6-4-5-12/h8-9,13H,4,6-7H2,1-3H3. The fourth-order valence-electron chi connectivity index (χ4n) is 1.17. The minimum absolute atomic E-state index is 0.474. The van der Waals surface area contributed by atoms with Gasteiger partial charge in [0.05, 0.1) is 18.2 Å². The molecule has 1 rings (SSSR count). The Kier molecular flexibility index (Phi) is 5.23. The average molecular weight is 238 g/mol. The molecule has 0 aromatic carbocycles. The van der Waals surface area contributed by atoms with Crippen LogP contribution in [0.25, 0.3) is 0 Å². The van der Waals surface area contributed by atoms with Crippen LogP contribution in [0, 0.1) is 11.3 Å². The molecular weight excluding hydrogens is 220 g/mol. The maximum Gasteiger partial charge on any atom is 0.185 e.